The van der Waals surface area contributed by atoms with Gasteiger partial charge in [0, 0.05) is 26.0 Å². The van der Waals surface area contributed by atoms with Crippen molar-refractivity contribution in [3.63, 3.8) is 0 Å². The van der Waals surface area contributed by atoms with E-state index >= 15 is 0 Å². The molecule has 0 bridgehead atoms. The highest BCUT2D eigenvalue weighted by Gasteiger charge is 2.23. The number of nitrogens with one attached hydrogen (secondary N) is 2. The number of hydrogen-bond acceptors (Lipinski definition) is 9. The van der Waals surface area contributed by atoms with Crippen molar-refractivity contribution in [3.05, 3.63) is 67.3 Å². The predicted molar refractivity (Wildman–Crippen MR) is 113 cm³/mol. The number of carboxylic acids is 1. The minimum absolute atomic E-state index is 0.178. The van der Waals surface area contributed by atoms with Crippen LogP contribution in [0.25, 0.3) is 0 Å². The lowest BCUT2D eigenvalue weighted by atomic mass is 10.1. The molecular weight excluding hydrogens is 482 g/mol. The standard InChI is InChI=1S/C10H9FN2O5.C9H7FN2O5/c1-5(14)12-8-4-9(13(16)17)7(11)3-6(8)10(15)18-2;1-4(13)11-7-3-8(12(16)17)6(10)2-5(7)9(14)15/h3-4H,1-2H3,(H,12,14);2-3H,1H3,(H,11,13)(H,14,15). The Hall–Kier alpha value is -5.02. The summed E-state index contributed by atoms with van der Waals surface area (Å²) in [6.45, 7) is 2.25. The molecule has 16 heteroatoms. The van der Waals surface area contributed by atoms with E-state index in [0.717, 1.165) is 27.0 Å². The zero-order valence-corrected chi connectivity index (χ0v) is 18.1. The van der Waals surface area contributed by atoms with E-state index in [4.69, 9.17) is 5.11 Å². The first kappa shape index (κ1) is 28.0. The maximum absolute atomic E-state index is 13.4. The van der Waals surface area contributed by atoms with Gasteiger partial charge in [-0.2, -0.15) is 8.78 Å². The van der Waals surface area contributed by atoms with Crippen LogP contribution in [0, 0.1) is 31.9 Å². The quantitative estimate of drug-likeness (QED) is 0.301. The molecule has 0 fully saturated rings. The van der Waals surface area contributed by atoms with Crippen LogP contribution in [0.3, 0.4) is 0 Å². The molecule has 2 aromatic carbocycles. The first-order valence-corrected chi connectivity index (χ1v) is 9.02. The fourth-order valence-corrected chi connectivity index (χ4v) is 2.45. The molecule has 3 N–H and O–H groups in total. The van der Waals surface area contributed by atoms with Gasteiger partial charge in [0.05, 0.1) is 39.5 Å². The Kier molecular flexibility index (Phi) is 9.39. The van der Waals surface area contributed by atoms with Gasteiger partial charge in [-0.05, 0) is 12.1 Å². The van der Waals surface area contributed by atoms with E-state index in [1.165, 1.54) is 0 Å². The lowest BCUT2D eigenvalue weighted by molar-refractivity contribution is -0.387. The van der Waals surface area contributed by atoms with Crippen molar-refractivity contribution in [2.45, 2.75) is 13.8 Å². The van der Waals surface area contributed by atoms with Crippen molar-refractivity contribution in [2.75, 3.05) is 17.7 Å². The molecule has 0 spiro atoms. The first-order chi connectivity index (χ1) is 16.2. The summed E-state index contributed by atoms with van der Waals surface area (Å²) in [5.41, 5.74) is -3.09. The predicted octanol–water partition coefficient (Wildman–Crippen LogP) is 2.87. The van der Waals surface area contributed by atoms with Crippen molar-refractivity contribution in [3.8, 4) is 0 Å². The van der Waals surface area contributed by atoms with Crippen LogP contribution < -0.4 is 10.6 Å². The van der Waals surface area contributed by atoms with Crippen molar-refractivity contribution in [1.82, 2.24) is 0 Å². The van der Waals surface area contributed by atoms with Gasteiger partial charge in [0.2, 0.25) is 23.4 Å². The highest BCUT2D eigenvalue weighted by Crippen LogP contribution is 2.27. The number of methoxy groups -OCH3 is 1. The normalized spacial score (nSPS) is 9.74. The number of halogens is 2. The number of ether oxygens (including phenoxy) is 1. The van der Waals surface area contributed by atoms with Gasteiger partial charge in [-0.3, -0.25) is 29.8 Å². The van der Waals surface area contributed by atoms with Crippen LogP contribution >= 0.6 is 0 Å². The van der Waals surface area contributed by atoms with Gasteiger partial charge in [-0.1, -0.05) is 0 Å². The zero-order chi connectivity index (χ0) is 27.0. The van der Waals surface area contributed by atoms with Gasteiger partial charge in [0.1, 0.15) is 0 Å². The Balaban J connectivity index is 0.000000351. The number of esters is 1. The van der Waals surface area contributed by atoms with Crippen molar-refractivity contribution in [2.24, 2.45) is 0 Å². The lowest BCUT2D eigenvalue weighted by Crippen LogP contribution is -2.13. The molecule has 186 valence electrons. The van der Waals surface area contributed by atoms with Gasteiger partial charge in [-0.15, -0.1) is 0 Å². The Morgan fingerprint density at radius 3 is 1.51 bits per heavy atom. The van der Waals surface area contributed by atoms with Crippen molar-refractivity contribution < 1.29 is 47.6 Å². The Morgan fingerprint density at radius 1 is 0.829 bits per heavy atom. The highest BCUT2D eigenvalue weighted by molar-refractivity contribution is 6.01. The Labute approximate surface area is 193 Å². The van der Waals surface area contributed by atoms with Crippen molar-refractivity contribution in [1.29, 1.82) is 0 Å². The molecule has 0 aromatic heterocycles. The molecule has 14 nitrogen and oxygen atoms in total. The van der Waals surface area contributed by atoms with E-state index < -0.39 is 62.2 Å². The summed E-state index contributed by atoms with van der Waals surface area (Å²) in [6, 6.07) is 2.57. The SMILES string of the molecule is CC(=O)Nc1cc([N+](=O)[O-])c(F)cc1C(=O)O.COC(=O)c1cc(F)c([N+](=O)[O-])cc1NC(C)=O. The number of nitrogens with zero attached hydrogens (tertiary/aromatic N) is 2. The number of nitro benzene ring substituents is 2. The molecule has 0 saturated heterocycles. The molecule has 0 aliphatic heterocycles. The minimum atomic E-state index is -1.50. The second-order valence-electron chi connectivity index (χ2n) is 6.37. The molecule has 0 heterocycles. The number of nitro groups is 2. The van der Waals surface area contributed by atoms with Crippen LogP contribution in [0.15, 0.2) is 24.3 Å². The van der Waals surface area contributed by atoms with Crippen LogP contribution in [0.2, 0.25) is 0 Å². The average Bonchev–Trinajstić information content (AvgIpc) is 2.74. The Bertz CT molecular complexity index is 1230. The maximum atomic E-state index is 13.4. The largest absolute Gasteiger partial charge is 0.478 e. The summed E-state index contributed by atoms with van der Waals surface area (Å²) in [6.07, 6.45) is 0. The number of benzene rings is 2. The fraction of sp³-hybridized carbons (Fsp3) is 0.158. The Morgan fingerprint density at radius 2 is 1.20 bits per heavy atom. The minimum Gasteiger partial charge on any atom is -0.478 e. The second-order valence-corrected chi connectivity index (χ2v) is 6.37. The number of amides is 2. The van der Waals surface area contributed by atoms with Crippen LogP contribution in [-0.4, -0.2) is 45.8 Å². The number of rotatable bonds is 6. The maximum Gasteiger partial charge on any atom is 0.340 e. The molecule has 2 aromatic rings. The third-order valence-corrected chi connectivity index (χ3v) is 3.82. The third kappa shape index (κ3) is 7.52. The monoisotopic (exact) mass is 498 g/mol. The van der Waals surface area contributed by atoms with E-state index in [-0.39, 0.29) is 16.9 Å². The average molecular weight is 498 g/mol. The molecular formula is C19H16F2N4O10. The summed E-state index contributed by atoms with van der Waals surface area (Å²) in [5, 5.41) is 34.0. The van der Waals surface area contributed by atoms with Gasteiger partial charge in [0.25, 0.3) is 0 Å². The second kappa shape index (κ2) is 11.7. The molecule has 0 radical (unpaired) electrons. The summed E-state index contributed by atoms with van der Waals surface area (Å²) in [4.78, 5) is 62.8. The number of anilines is 2. The lowest BCUT2D eigenvalue weighted by Gasteiger charge is -2.08. The summed E-state index contributed by atoms with van der Waals surface area (Å²) >= 11 is 0. The first-order valence-electron chi connectivity index (χ1n) is 9.02. The van der Waals surface area contributed by atoms with E-state index in [2.05, 4.69) is 15.4 Å². The smallest absolute Gasteiger partial charge is 0.340 e. The third-order valence-electron chi connectivity index (χ3n) is 3.82. The molecule has 2 rings (SSSR count). The number of carbonyl (C=O) groups is 4. The molecule has 35 heavy (non-hydrogen) atoms. The topological polar surface area (TPSA) is 208 Å². The number of carboxylic acid groups (broad SMARTS) is 1. The van der Waals surface area contributed by atoms with Crippen LogP contribution in [0.4, 0.5) is 31.5 Å². The summed E-state index contributed by atoms with van der Waals surface area (Å²) in [5.74, 6) is -6.04. The van der Waals surface area contributed by atoms with Gasteiger partial charge in [0.15, 0.2) is 0 Å². The van der Waals surface area contributed by atoms with Crippen molar-refractivity contribution >= 4 is 46.5 Å². The number of carbonyl (C=O) groups excluding carboxylic acids is 3. The van der Waals surface area contributed by atoms with E-state index in [9.17, 15) is 48.2 Å². The molecule has 0 aliphatic carbocycles. The van der Waals surface area contributed by atoms with Gasteiger partial charge >= 0.3 is 23.3 Å². The zero-order valence-electron chi connectivity index (χ0n) is 18.1. The summed E-state index contributed by atoms with van der Waals surface area (Å²) < 4.78 is 30.9. The van der Waals surface area contributed by atoms with Crippen LogP contribution in [0.1, 0.15) is 34.6 Å². The molecule has 2 amide bonds. The number of aromatic carboxylic acids is 1. The fourth-order valence-electron chi connectivity index (χ4n) is 2.45. The van der Waals surface area contributed by atoms with E-state index in [0.29, 0.717) is 18.2 Å². The highest BCUT2D eigenvalue weighted by atomic mass is 19.1. The molecule has 0 saturated carbocycles. The summed E-state index contributed by atoms with van der Waals surface area (Å²) in [7, 11) is 1.07. The van der Waals surface area contributed by atoms with Crippen LogP contribution in [0.5, 0.6) is 0 Å². The van der Waals surface area contributed by atoms with Gasteiger partial charge in [-0.25, -0.2) is 9.59 Å². The van der Waals surface area contributed by atoms with Crippen LogP contribution in [-0.2, 0) is 14.3 Å². The molecule has 0 unspecified atom stereocenters. The van der Waals surface area contributed by atoms with Gasteiger partial charge < -0.3 is 20.5 Å². The molecule has 0 aliphatic rings. The number of hydrogen-bond donors (Lipinski definition) is 3. The van der Waals surface area contributed by atoms with E-state index in [1.807, 2.05) is 0 Å². The molecule has 0 atom stereocenters. The van der Waals surface area contributed by atoms with E-state index in [1.54, 1.807) is 0 Å².